The van der Waals surface area contributed by atoms with E-state index in [9.17, 15) is 4.79 Å². The second-order valence-electron chi connectivity index (χ2n) is 10.1. The largest absolute Gasteiger partial charge is 0.477 e. The monoisotopic (exact) mass is 473 g/mol. The SMILES string of the molecule is Cc1c2c(cc3c1O/C(=C\c1ccc(C(C)(C)C)cc1)C3=O)CN(Cc1ccc(Cl)cc1)CO2. The first-order valence-electron chi connectivity index (χ1n) is 11.5. The fraction of sp³-hybridized carbons (Fsp3) is 0.276. The number of hydrogen-bond donors (Lipinski definition) is 0. The van der Waals surface area contributed by atoms with Crippen LogP contribution < -0.4 is 9.47 Å². The second-order valence-corrected chi connectivity index (χ2v) is 10.5. The molecule has 0 aromatic heterocycles. The number of ketones is 1. The Labute approximate surface area is 205 Å². The highest BCUT2D eigenvalue weighted by atomic mass is 35.5. The molecule has 4 nitrogen and oxygen atoms in total. The molecule has 2 aliphatic heterocycles. The molecule has 0 saturated carbocycles. The molecule has 0 radical (unpaired) electrons. The number of benzene rings is 3. The predicted molar refractivity (Wildman–Crippen MR) is 135 cm³/mol. The molecule has 0 fully saturated rings. The van der Waals surface area contributed by atoms with Crippen LogP contribution in [0.15, 0.2) is 60.4 Å². The number of hydrogen-bond acceptors (Lipinski definition) is 4. The first kappa shape index (κ1) is 22.7. The van der Waals surface area contributed by atoms with Crippen molar-refractivity contribution in [1.82, 2.24) is 4.90 Å². The van der Waals surface area contributed by atoms with Gasteiger partial charge in [0.1, 0.15) is 18.2 Å². The summed E-state index contributed by atoms with van der Waals surface area (Å²) in [5, 5.41) is 0.725. The Bertz CT molecular complexity index is 1280. The van der Waals surface area contributed by atoms with Crippen molar-refractivity contribution < 1.29 is 14.3 Å². The average molecular weight is 474 g/mol. The van der Waals surface area contributed by atoms with E-state index < -0.39 is 0 Å². The topological polar surface area (TPSA) is 38.8 Å². The van der Waals surface area contributed by atoms with E-state index in [0.29, 0.717) is 30.3 Å². The van der Waals surface area contributed by atoms with E-state index in [1.165, 1.54) is 5.56 Å². The number of halogens is 1. The molecule has 174 valence electrons. The zero-order chi connectivity index (χ0) is 24.0. The first-order chi connectivity index (χ1) is 16.2. The Balaban J connectivity index is 1.38. The van der Waals surface area contributed by atoms with Crippen molar-refractivity contribution in [2.75, 3.05) is 6.73 Å². The van der Waals surface area contributed by atoms with Gasteiger partial charge < -0.3 is 9.47 Å². The molecule has 5 rings (SSSR count). The van der Waals surface area contributed by atoms with Gasteiger partial charge in [-0.3, -0.25) is 9.69 Å². The van der Waals surface area contributed by atoms with Gasteiger partial charge in [0.15, 0.2) is 5.76 Å². The lowest BCUT2D eigenvalue weighted by Gasteiger charge is -2.30. The molecular weight excluding hydrogens is 446 g/mol. The van der Waals surface area contributed by atoms with Gasteiger partial charge in [-0.1, -0.05) is 68.8 Å². The second kappa shape index (κ2) is 8.61. The molecular formula is C29H28ClNO3. The van der Waals surface area contributed by atoms with Crippen LogP contribution in [0.25, 0.3) is 6.08 Å². The van der Waals surface area contributed by atoms with E-state index in [-0.39, 0.29) is 11.2 Å². The number of carbonyl (C=O) groups is 1. The molecule has 0 amide bonds. The summed E-state index contributed by atoms with van der Waals surface area (Å²) in [6.07, 6.45) is 1.82. The Hall–Kier alpha value is -3.08. The first-order valence-corrected chi connectivity index (χ1v) is 11.9. The number of rotatable bonds is 3. The van der Waals surface area contributed by atoms with Crippen LogP contribution in [0.2, 0.25) is 5.02 Å². The third-order valence-corrected chi connectivity index (χ3v) is 6.65. The van der Waals surface area contributed by atoms with E-state index in [1.807, 2.05) is 55.5 Å². The lowest BCUT2D eigenvalue weighted by atomic mass is 9.86. The van der Waals surface area contributed by atoms with Gasteiger partial charge in [-0.05, 0) is 53.3 Å². The normalized spacial score (nSPS) is 16.7. The molecule has 0 aliphatic carbocycles. The van der Waals surface area contributed by atoms with Crippen LogP contribution >= 0.6 is 11.6 Å². The van der Waals surface area contributed by atoms with Crippen LogP contribution in [0.3, 0.4) is 0 Å². The molecule has 0 bridgehead atoms. The molecule has 34 heavy (non-hydrogen) atoms. The summed E-state index contributed by atoms with van der Waals surface area (Å²) in [4.78, 5) is 15.4. The number of carbonyl (C=O) groups excluding carboxylic acids is 1. The van der Waals surface area contributed by atoms with E-state index in [1.54, 1.807) is 0 Å². The van der Waals surface area contributed by atoms with Gasteiger partial charge in [-0.25, -0.2) is 0 Å². The van der Waals surface area contributed by atoms with Crippen molar-refractivity contribution in [2.24, 2.45) is 0 Å². The van der Waals surface area contributed by atoms with Crippen LogP contribution in [0.1, 0.15) is 58.9 Å². The quantitative estimate of drug-likeness (QED) is 0.387. The van der Waals surface area contributed by atoms with Gasteiger partial charge in [0.05, 0.1) is 5.56 Å². The molecule has 2 heterocycles. The Kier molecular flexibility index (Phi) is 5.75. The van der Waals surface area contributed by atoms with E-state index in [2.05, 4.69) is 37.8 Å². The van der Waals surface area contributed by atoms with Crippen molar-refractivity contribution in [3.63, 3.8) is 0 Å². The van der Waals surface area contributed by atoms with Gasteiger partial charge in [-0.2, -0.15) is 0 Å². The Morgan fingerprint density at radius 2 is 1.74 bits per heavy atom. The van der Waals surface area contributed by atoms with Crippen molar-refractivity contribution in [2.45, 2.75) is 46.2 Å². The van der Waals surface area contributed by atoms with Crippen molar-refractivity contribution in [3.05, 3.63) is 98.8 Å². The highest BCUT2D eigenvalue weighted by Crippen LogP contribution is 2.43. The summed E-state index contributed by atoms with van der Waals surface area (Å²) in [7, 11) is 0. The maximum Gasteiger partial charge on any atom is 0.231 e. The number of fused-ring (bicyclic) bond motifs is 2. The van der Waals surface area contributed by atoms with Crippen LogP contribution in [0.4, 0.5) is 0 Å². The fourth-order valence-electron chi connectivity index (χ4n) is 4.48. The van der Waals surface area contributed by atoms with E-state index >= 15 is 0 Å². The van der Waals surface area contributed by atoms with Gasteiger partial charge in [-0.15, -0.1) is 0 Å². The van der Waals surface area contributed by atoms with Crippen molar-refractivity contribution >= 4 is 23.5 Å². The van der Waals surface area contributed by atoms with Crippen LogP contribution in [-0.2, 0) is 18.5 Å². The van der Waals surface area contributed by atoms with E-state index in [4.69, 9.17) is 21.1 Å². The summed E-state index contributed by atoms with van der Waals surface area (Å²) >= 11 is 6.01. The number of nitrogens with zero attached hydrogens (tertiary/aromatic N) is 1. The van der Waals surface area contributed by atoms with Gasteiger partial charge >= 0.3 is 0 Å². The number of ether oxygens (including phenoxy) is 2. The maximum atomic E-state index is 13.2. The van der Waals surface area contributed by atoms with Gasteiger partial charge in [0, 0.05) is 29.2 Å². The minimum atomic E-state index is -0.0874. The lowest BCUT2D eigenvalue weighted by Crippen LogP contribution is -2.32. The zero-order valence-corrected chi connectivity index (χ0v) is 20.7. The number of allylic oxidation sites excluding steroid dienone is 1. The van der Waals surface area contributed by atoms with Crippen LogP contribution in [0, 0.1) is 6.92 Å². The fourth-order valence-corrected chi connectivity index (χ4v) is 4.60. The van der Waals surface area contributed by atoms with E-state index in [0.717, 1.165) is 39.6 Å². The minimum Gasteiger partial charge on any atom is -0.477 e. The summed E-state index contributed by atoms with van der Waals surface area (Å²) in [6.45, 7) is 10.4. The summed E-state index contributed by atoms with van der Waals surface area (Å²) < 4.78 is 12.2. The number of Topliss-reactive ketones (excluding diaryl/α,β-unsaturated/α-hetero) is 1. The maximum absolute atomic E-state index is 13.2. The molecule has 0 N–H and O–H groups in total. The minimum absolute atomic E-state index is 0.0826. The molecule has 2 aliphatic rings. The van der Waals surface area contributed by atoms with Crippen LogP contribution in [-0.4, -0.2) is 17.4 Å². The lowest BCUT2D eigenvalue weighted by molar-refractivity contribution is 0.0876. The van der Waals surface area contributed by atoms with Gasteiger partial charge in [0.25, 0.3) is 0 Å². The average Bonchev–Trinajstić information content (AvgIpc) is 3.11. The molecule has 0 atom stereocenters. The highest BCUT2D eigenvalue weighted by molar-refractivity contribution is 6.30. The molecule has 3 aromatic carbocycles. The third-order valence-electron chi connectivity index (χ3n) is 6.40. The summed E-state index contributed by atoms with van der Waals surface area (Å²) in [5.74, 6) is 1.68. The third kappa shape index (κ3) is 4.36. The van der Waals surface area contributed by atoms with Crippen molar-refractivity contribution in [1.29, 1.82) is 0 Å². The Morgan fingerprint density at radius 1 is 1.03 bits per heavy atom. The molecule has 0 spiro atoms. The smallest absolute Gasteiger partial charge is 0.231 e. The zero-order valence-electron chi connectivity index (χ0n) is 19.9. The molecule has 3 aromatic rings. The molecule has 0 saturated heterocycles. The summed E-state index contributed by atoms with van der Waals surface area (Å²) in [6, 6.07) is 18.0. The van der Waals surface area contributed by atoms with Crippen molar-refractivity contribution in [3.8, 4) is 11.5 Å². The van der Waals surface area contributed by atoms with Gasteiger partial charge in [0.2, 0.25) is 5.78 Å². The highest BCUT2D eigenvalue weighted by Gasteiger charge is 2.33. The molecule has 0 unspecified atom stereocenters. The summed E-state index contributed by atoms with van der Waals surface area (Å²) in [5.41, 5.74) is 5.92. The molecule has 5 heteroatoms. The predicted octanol–water partition coefficient (Wildman–Crippen LogP) is 6.91. The Morgan fingerprint density at radius 3 is 2.41 bits per heavy atom. The van der Waals surface area contributed by atoms with Crippen LogP contribution in [0.5, 0.6) is 11.5 Å². The standard InChI is InChI=1S/C29H28ClNO3/c1-18-27-21(16-31(17-33-27)15-20-7-11-23(30)12-8-20)14-24-26(32)25(34-28(18)24)13-19-5-9-22(10-6-19)29(2,3)4/h5-14H,15-17H2,1-4H3/b25-13-.